The minimum Gasteiger partial charge on any atom is -0.347 e. The van der Waals surface area contributed by atoms with Gasteiger partial charge in [-0.15, -0.1) is 0 Å². The fraction of sp³-hybridized carbons (Fsp3) is 0.182. The van der Waals surface area contributed by atoms with Crippen LogP contribution in [0.25, 0.3) is 10.9 Å². The maximum Gasteiger partial charge on any atom is 0.152 e. The number of aldehydes is 1. The molecular weight excluding hydrogens is 242 g/mol. The predicted octanol–water partition coefficient (Wildman–Crippen LogP) is 3.24. The maximum atomic E-state index is 10.8. The van der Waals surface area contributed by atoms with Crippen LogP contribution in [-0.2, 0) is 6.54 Å². The molecule has 0 aliphatic carbocycles. The van der Waals surface area contributed by atoms with Crippen molar-refractivity contribution in [3.8, 4) is 0 Å². The molecule has 0 spiro atoms. The van der Waals surface area contributed by atoms with Gasteiger partial charge in [-0.3, -0.25) is 4.79 Å². The molecule has 14 heavy (non-hydrogen) atoms. The fourth-order valence-corrected chi connectivity index (χ4v) is 2.01. The average Bonchev–Trinajstić information content (AvgIpc) is 2.55. The number of rotatable bonds is 2. The molecule has 2 rings (SSSR count). The van der Waals surface area contributed by atoms with Crippen LogP contribution >= 0.6 is 15.9 Å². The number of aromatic nitrogens is 1. The van der Waals surface area contributed by atoms with Crippen LogP contribution in [0.3, 0.4) is 0 Å². The van der Waals surface area contributed by atoms with E-state index >= 15 is 0 Å². The Labute approximate surface area is 90.7 Å². The summed E-state index contributed by atoms with van der Waals surface area (Å²) in [5.41, 5.74) is 1.86. The highest BCUT2D eigenvalue weighted by Crippen LogP contribution is 2.24. The van der Waals surface area contributed by atoms with Gasteiger partial charge in [0, 0.05) is 33.7 Å². The van der Waals surface area contributed by atoms with E-state index in [1.165, 1.54) is 0 Å². The second-order valence-corrected chi connectivity index (χ2v) is 4.07. The van der Waals surface area contributed by atoms with Gasteiger partial charge in [0.1, 0.15) is 0 Å². The van der Waals surface area contributed by atoms with Crippen LogP contribution in [0.2, 0.25) is 0 Å². The Morgan fingerprint density at radius 2 is 2.29 bits per heavy atom. The summed E-state index contributed by atoms with van der Waals surface area (Å²) in [5, 5.41) is 1.01. The van der Waals surface area contributed by atoms with Crippen LogP contribution in [0.1, 0.15) is 17.3 Å². The molecule has 0 saturated carbocycles. The van der Waals surface area contributed by atoms with Crippen molar-refractivity contribution >= 4 is 33.1 Å². The first kappa shape index (κ1) is 9.46. The molecule has 0 aliphatic rings. The second kappa shape index (κ2) is 3.58. The third-order valence-corrected chi connectivity index (χ3v) is 2.83. The Balaban J connectivity index is 2.82. The highest BCUT2D eigenvalue weighted by Gasteiger charge is 2.06. The summed E-state index contributed by atoms with van der Waals surface area (Å²) in [6.07, 6.45) is 2.80. The third kappa shape index (κ3) is 1.38. The van der Waals surface area contributed by atoms with Crippen molar-refractivity contribution in [2.24, 2.45) is 0 Å². The number of nitrogens with zero attached hydrogens (tertiary/aromatic N) is 1. The standard InChI is InChI=1S/C11H10BrNO/c1-2-13-6-8(7-14)10-5-9(12)3-4-11(10)13/h3-7H,2H2,1H3. The summed E-state index contributed by atoms with van der Waals surface area (Å²) in [4.78, 5) is 10.8. The summed E-state index contributed by atoms with van der Waals surface area (Å²) >= 11 is 3.40. The number of carbonyl (C=O) groups excluding carboxylic acids is 1. The summed E-state index contributed by atoms with van der Waals surface area (Å²) in [6.45, 7) is 2.95. The van der Waals surface area contributed by atoms with Crippen molar-refractivity contribution in [2.45, 2.75) is 13.5 Å². The molecule has 0 atom stereocenters. The Morgan fingerprint density at radius 3 is 2.93 bits per heavy atom. The topological polar surface area (TPSA) is 22.0 Å². The van der Waals surface area contributed by atoms with Gasteiger partial charge < -0.3 is 4.57 Å². The third-order valence-electron chi connectivity index (χ3n) is 2.34. The number of benzene rings is 1. The van der Waals surface area contributed by atoms with E-state index in [9.17, 15) is 4.79 Å². The van der Waals surface area contributed by atoms with Gasteiger partial charge in [0.25, 0.3) is 0 Å². The number of halogens is 1. The molecule has 72 valence electrons. The first-order chi connectivity index (χ1) is 6.76. The summed E-state index contributed by atoms with van der Waals surface area (Å²) < 4.78 is 3.08. The highest BCUT2D eigenvalue weighted by molar-refractivity contribution is 9.10. The number of carbonyl (C=O) groups is 1. The van der Waals surface area contributed by atoms with Gasteiger partial charge in [0.15, 0.2) is 6.29 Å². The minimum atomic E-state index is 0.753. The summed E-state index contributed by atoms with van der Waals surface area (Å²) in [5.74, 6) is 0. The first-order valence-corrected chi connectivity index (χ1v) is 5.29. The molecule has 2 nitrogen and oxygen atoms in total. The predicted molar refractivity (Wildman–Crippen MR) is 60.7 cm³/mol. The van der Waals surface area contributed by atoms with E-state index < -0.39 is 0 Å². The molecule has 0 radical (unpaired) electrons. The Morgan fingerprint density at radius 1 is 1.50 bits per heavy atom. The largest absolute Gasteiger partial charge is 0.347 e. The first-order valence-electron chi connectivity index (χ1n) is 4.50. The van der Waals surface area contributed by atoms with Crippen molar-refractivity contribution in [1.82, 2.24) is 4.57 Å². The number of fused-ring (bicyclic) bond motifs is 1. The van der Waals surface area contributed by atoms with E-state index in [1.54, 1.807) is 0 Å². The molecule has 0 bridgehead atoms. The van der Waals surface area contributed by atoms with Crippen LogP contribution in [0.15, 0.2) is 28.9 Å². The van der Waals surface area contributed by atoms with Gasteiger partial charge in [-0.25, -0.2) is 0 Å². The molecule has 1 aromatic carbocycles. The quantitative estimate of drug-likeness (QED) is 0.752. The molecule has 0 fully saturated rings. The van der Waals surface area contributed by atoms with Gasteiger partial charge in [-0.1, -0.05) is 15.9 Å². The molecule has 3 heteroatoms. The second-order valence-electron chi connectivity index (χ2n) is 3.15. The smallest absolute Gasteiger partial charge is 0.152 e. The number of hydrogen-bond donors (Lipinski definition) is 0. The Kier molecular flexibility index (Phi) is 2.42. The van der Waals surface area contributed by atoms with E-state index in [4.69, 9.17) is 0 Å². The summed E-state index contributed by atoms with van der Waals surface area (Å²) in [6, 6.07) is 5.99. The minimum absolute atomic E-state index is 0.753. The van der Waals surface area contributed by atoms with Gasteiger partial charge in [0.05, 0.1) is 0 Å². The van der Waals surface area contributed by atoms with E-state index in [1.807, 2.05) is 24.4 Å². The van der Waals surface area contributed by atoms with Crippen molar-refractivity contribution in [2.75, 3.05) is 0 Å². The van der Waals surface area contributed by atoms with Gasteiger partial charge in [-0.05, 0) is 25.1 Å². The zero-order valence-corrected chi connectivity index (χ0v) is 9.41. The van der Waals surface area contributed by atoms with Crippen LogP contribution in [0.5, 0.6) is 0 Å². The van der Waals surface area contributed by atoms with Crippen LogP contribution in [-0.4, -0.2) is 10.9 Å². The Hall–Kier alpha value is -1.09. The van der Waals surface area contributed by atoms with E-state index in [0.717, 1.165) is 33.8 Å². The highest BCUT2D eigenvalue weighted by atomic mass is 79.9. The van der Waals surface area contributed by atoms with E-state index in [-0.39, 0.29) is 0 Å². The molecule has 1 heterocycles. The molecular formula is C11H10BrNO. The maximum absolute atomic E-state index is 10.8. The van der Waals surface area contributed by atoms with Crippen LogP contribution in [0.4, 0.5) is 0 Å². The number of hydrogen-bond acceptors (Lipinski definition) is 1. The normalized spacial score (nSPS) is 10.7. The van der Waals surface area contributed by atoms with Crippen LogP contribution < -0.4 is 0 Å². The molecule has 0 N–H and O–H groups in total. The zero-order valence-electron chi connectivity index (χ0n) is 7.83. The molecule has 0 saturated heterocycles. The molecule has 0 unspecified atom stereocenters. The zero-order chi connectivity index (χ0) is 10.1. The lowest BCUT2D eigenvalue weighted by Crippen LogP contribution is -1.89. The van der Waals surface area contributed by atoms with Crippen LogP contribution in [0, 0.1) is 0 Å². The van der Waals surface area contributed by atoms with Gasteiger partial charge in [0.2, 0.25) is 0 Å². The lowest BCUT2D eigenvalue weighted by molar-refractivity contribution is 0.112. The summed E-state index contributed by atoms with van der Waals surface area (Å²) in [7, 11) is 0. The average molecular weight is 252 g/mol. The lowest BCUT2D eigenvalue weighted by atomic mass is 10.2. The molecule has 1 aromatic heterocycles. The van der Waals surface area contributed by atoms with Gasteiger partial charge in [-0.2, -0.15) is 0 Å². The van der Waals surface area contributed by atoms with E-state index in [2.05, 4.69) is 27.4 Å². The SMILES string of the molecule is CCn1cc(C=O)c2cc(Br)ccc21. The van der Waals surface area contributed by atoms with Gasteiger partial charge >= 0.3 is 0 Å². The van der Waals surface area contributed by atoms with E-state index in [0.29, 0.717) is 0 Å². The monoisotopic (exact) mass is 251 g/mol. The van der Waals surface area contributed by atoms with Crippen molar-refractivity contribution in [3.05, 3.63) is 34.4 Å². The molecule has 0 aliphatic heterocycles. The fourth-order valence-electron chi connectivity index (χ4n) is 1.65. The Bertz CT molecular complexity index is 487. The van der Waals surface area contributed by atoms with Crippen molar-refractivity contribution in [3.63, 3.8) is 0 Å². The molecule has 2 aromatic rings. The lowest BCUT2D eigenvalue weighted by Gasteiger charge is -1.99. The van der Waals surface area contributed by atoms with Crippen molar-refractivity contribution in [1.29, 1.82) is 0 Å². The van der Waals surface area contributed by atoms with Crippen molar-refractivity contribution < 1.29 is 4.79 Å². The molecule has 0 amide bonds. The number of aryl methyl sites for hydroxylation is 1.